The van der Waals surface area contributed by atoms with Gasteiger partial charge in [0.1, 0.15) is 0 Å². The maximum Gasteiger partial charge on any atom is 0.331 e. The quantitative estimate of drug-likeness (QED) is 0.0350. The molecule has 52 heavy (non-hydrogen) atoms. The van der Waals surface area contributed by atoms with E-state index in [-0.39, 0.29) is 0 Å². The number of rotatable bonds is 43. The van der Waals surface area contributed by atoms with Gasteiger partial charge in [0.25, 0.3) is 0 Å². The minimum absolute atomic E-state index is 0.418. The summed E-state index contributed by atoms with van der Waals surface area (Å²) in [5, 5.41) is 0. The summed E-state index contributed by atoms with van der Waals surface area (Å²) in [7, 11) is -6.23. The smallest absolute Gasteiger partial charge is 0.330 e. The van der Waals surface area contributed by atoms with Crippen LogP contribution < -0.4 is 22.9 Å². The maximum atomic E-state index is 13.5. The Morgan fingerprint density at radius 3 is 0.865 bits per heavy atom. The molecule has 0 aromatic rings. The Labute approximate surface area is 321 Å². The third-order valence-corrected chi connectivity index (χ3v) is 13.1. The molecule has 314 valence electrons. The maximum absolute atomic E-state index is 13.5. The molecule has 0 saturated heterocycles. The molecule has 0 aliphatic heterocycles. The first-order valence-corrected chi connectivity index (χ1v) is 24.8. The van der Waals surface area contributed by atoms with Crippen LogP contribution in [0.2, 0.25) is 0 Å². The summed E-state index contributed by atoms with van der Waals surface area (Å²) in [5.74, 6) is 0. The molecule has 0 fully saturated rings. The van der Waals surface area contributed by atoms with Crippen LogP contribution >= 0.6 is 15.2 Å². The van der Waals surface area contributed by atoms with E-state index in [0.29, 0.717) is 78.0 Å². The minimum atomic E-state index is -3.12. The summed E-state index contributed by atoms with van der Waals surface area (Å²) in [6, 6.07) is 0. The van der Waals surface area contributed by atoms with Crippen molar-refractivity contribution < 1.29 is 27.2 Å². The summed E-state index contributed by atoms with van der Waals surface area (Å²) < 4.78 is 50.6. The van der Waals surface area contributed by atoms with E-state index < -0.39 is 15.2 Å². The lowest BCUT2D eigenvalue weighted by Gasteiger charge is -2.25. The molecule has 0 bridgehead atoms. The average Bonchev–Trinajstić information content (AvgIpc) is 3.14. The number of hydrogen-bond acceptors (Lipinski definition) is 12. The largest absolute Gasteiger partial charge is 0.331 e. The Kier molecular flexibility index (Phi) is 38.0. The highest BCUT2D eigenvalue weighted by molar-refractivity contribution is 7.54. The lowest BCUT2D eigenvalue weighted by molar-refractivity contribution is 0.191. The number of hydrogen-bond donors (Lipinski definition) is 4. The summed E-state index contributed by atoms with van der Waals surface area (Å²) >= 11 is 0. The van der Waals surface area contributed by atoms with Crippen molar-refractivity contribution in [1.29, 1.82) is 0 Å². The van der Waals surface area contributed by atoms with E-state index >= 15 is 0 Å². The van der Waals surface area contributed by atoms with Gasteiger partial charge in [-0.1, -0.05) is 90.9 Å². The van der Waals surface area contributed by atoms with Gasteiger partial charge in [0.2, 0.25) is 0 Å². The molecule has 14 heteroatoms. The van der Waals surface area contributed by atoms with E-state index in [9.17, 15) is 9.13 Å². The van der Waals surface area contributed by atoms with Gasteiger partial charge in [0.05, 0.1) is 38.8 Å². The monoisotopic (exact) mass is 785 g/mol. The highest BCUT2D eigenvalue weighted by atomic mass is 31.2. The molecule has 0 aliphatic rings. The van der Waals surface area contributed by atoms with Gasteiger partial charge in [-0.15, -0.1) is 0 Å². The molecular weight excluding hydrogens is 698 g/mol. The second kappa shape index (κ2) is 38.0. The predicted molar refractivity (Wildman–Crippen MR) is 222 cm³/mol. The van der Waals surface area contributed by atoms with Crippen molar-refractivity contribution in [2.45, 2.75) is 142 Å². The molecule has 0 rings (SSSR count). The highest BCUT2D eigenvalue weighted by Crippen LogP contribution is 2.49. The van der Waals surface area contributed by atoms with Crippen LogP contribution in [-0.2, 0) is 27.2 Å². The highest BCUT2D eigenvalue weighted by Gasteiger charge is 2.26. The Hall–Kier alpha value is 0.0600. The fourth-order valence-corrected chi connectivity index (χ4v) is 9.22. The van der Waals surface area contributed by atoms with Gasteiger partial charge in [-0.05, 0) is 104 Å². The van der Waals surface area contributed by atoms with E-state index in [2.05, 4.69) is 23.6 Å². The van der Waals surface area contributed by atoms with Gasteiger partial charge in [-0.2, -0.15) is 0 Å². The fourth-order valence-electron chi connectivity index (χ4n) is 5.87. The second-order valence-corrected chi connectivity index (χ2v) is 18.6. The van der Waals surface area contributed by atoms with Gasteiger partial charge in [-0.25, -0.2) is 0 Å². The molecule has 0 aromatic carbocycles. The van der Waals surface area contributed by atoms with Crippen LogP contribution in [0.5, 0.6) is 0 Å². The summed E-state index contributed by atoms with van der Waals surface area (Å²) in [6.07, 6.45) is 22.2. The van der Waals surface area contributed by atoms with Crippen molar-refractivity contribution in [2.24, 2.45) is 22.9 Å². The number of nitrogens with two attached hydrogens (primary N) is 4. The molecule has 2 atom stereocenters. The van der Waals surface area contributed by atoms with Crippen molar-refractivity contribution in [3.63, 3.8) is 0 Å². The van der Waals surface area contributed by atoms with E-state index in [1.54, 1.807) is 0 Å². The molecule has 0 aromatic heterocycles. The van der Waals surface area contributed by atoms with Crippen molar-refractivity contribution in [3.8, 4) is 0 Å². The minimum Gasteiger partial charge on any atom is -0.330 e. The van der Waals surface area contributed by atoms with Crippen LogP contribution in [0.4, 0.5) is 0 Å². The zero-order valence-corrected chi connectivity index (χ0v) is 35.8. The summed E-state index contributed by atoms with van der Waals surface area (Å²) in [5.41, 5.74) is 22.9. The molecule has 0 heterocycles. The topological polar surface area (TPSA) is 182 Å². The van der Waals surface area contributed by atoms with Gasteiger partial charge < -0.3 is 50.8 Å². The van der Waals surface area contributed by atoms with Crippen LogP contribution in [0.25, 0.3) is 0 Å². The first-order chi connectivity index (χ1) is 25.3. The SMILES string of the molecule is CCCCOP(=O)(CCN(CCCN)CCCN)OCCCCCCCCCCCCCCOP(=O)(CCN(CCCN)CCCN)OCCCC. The molecule has 0 aliphatic carbocycles. The van der Waals surface area contributed by atoms with Gasteiger partial charge in [0, 0.05) is 13.1 Å². The van der Waals surface area contributed by atoms with Crippen molar-refractivity contribution >= 4 is 15.2 Å². The van der Waals surface area contributed by atoms with Crippen LogP contribution in [0.1, 0.15) is 142 Å². The Balaban J connectivity index is 4.15. The second-order valence-electron chi connectivity index (χ2n) is 14.2. The first-order valence-electron chi connectivity index (χ1n) is 21.3. The average molecular weight is 785 g/mol. The summed E-state index contributed by atoms with van der Waals surface area (Å²) in [6.45, 7) is 13.6. The van der Waals surface area contributed by atoms with Crippen molar-refractivity contribution in [3.05, 3.63) is 0 Å². The lowest BCUT2D eigenvalue weighted by atomic mass is 10.1. The third-order valence-electron chi connectivity index (χ3n) is 9.28. The normalized spacial score (nSPS) is 14.4. The molecule has 0 amide bonds. The Bertz CT molecular complexity index is 768. The van der Waals surface area contributed by atoms with Crippen LogP contribution in [0.3, 0.4) is 0 Å². The molecule has 8 N–H and O–H groups in total. The first kappa shape index (κ1) is 52.1. The standard InChI is InChI=1S/C38H86N6O6P2/c1-3-5-33-47-51(45,37-31-43(27-19-23-39)28-20-24-40)49-35-17-15-13-11-9-7-8-10-12-14-16-18-36-50-52(46,48-34-6-4-2)38-32-44(29-21-25-41)30-22-26-42/h3-42H2,1-2H3. The Morgan fingerprint density at radius 2 is 0.615 bits per heavy atom. The molecule has 2 unspecified atom stereocenters. The zero-order chi connectivity index (χ0) is 38.4. The van der Waals surface area contributed by atoms with Crippen LogP contribution in [0.15, 0.2) is 0 Å². The Morgan fingerprint density at radius 1 is 0.365 bits per heavy atom. The van der Waals surface area contributed by atoms with Gasteiger partial charge >= 0.3 is 15.2 Å². The lowest BCUT2D eigenvalue weighted by Crippen LogP contribution is -2.31. The fraction of sp³-hybridized carbons (Fsp3) is 1.00. The molecular formula is C38H86N6O6P2. The summed E-state index contributed by atoms with van der Waals surface area (Å²) in [4.78, 5) is 4.57. The third kappa shape index (κ3) is 32.3. The van der Waals surface area contributed by atoms with Crippen LogP contribution in [-0.4, -0.2) is 114 Å². The molecule has 0 saturated carbocycles. The number of nitrogens with zero attached hydrogens (tertiary/aromatic N) is 2. The van der Waals surface area contributed by atoms with E-state index in [4.69, 9.17) is 41.0 Å². The molecule has 0 spiro atoms. The van der Waals surface area contributed by atoms with Crippen molar-refractivity contribution in [2.75, 3.05) is 104 Å². The van der Waals surface area contributed by atoms with Gasteiger partial charge in [0.15, 0.2) is 0 Å². The molecule has 12 nitrogen and oxygen atoms in total. The van der Waals surface area contributed by atoms with E-state index in [1.807, 2.05) is 0 Å². The predicted octanol–water partition coefficient (Wildman–Crippen LogP) is 7.72. The molecule has 0 radical (unpaired) electrons. The van der Waals surface area contributed by atoms with Crippen LogP contribution in [0, 0.1) is 0 Å². The van der Waals surface area contributed by atoms with E-state index in [0.717, 1.165) is 103 Å². The van der Waals surface area contributed by atoms with Gasteiger partial charge in [-0.3, -0.25) is 9.13 Å². The van der Waals surface area contributed by atoms with E-state index in [1.165, 1.54) is 51.4 Å². The number of unbranched alkanes of at least 4 members (excludes halogenated alkanes) is 13. The zero-order valence-electron chi connectivity index (χ0n) is 34.0. The van der Waals surface area contributed by atoms with Crippen molar-refractivity contribution in [1.82, 2.24) is 9.80 Å².